The molecule has 78 heavy (non-hydrogen) atoms. The lowest BCUT2D eigenvalue weighted by Gasteiger charge is -2.21. The average molecular weight is 1110 g/mol. The van der Waals surface area contributed by atoms with Crippen LogP contribution in [0.5, 0.6) is 0 Å². The van der Waals surface area contributed by atoms with Gasteiger partial charge in [-0.15, -0.1) is 0 Å². The molecule has 0 spiro atoms. The van der Waals surface area contributed by atoms with Gasteiger partial charge in [-0.25, -0.2) is 4.57 Å². The molecule has 0 rings (SSSR count). The second-order valence-corrected chi connectivity index (χ2v) is 21.6. The summed E-state index contributed by atoms with van der Waals surface area (Å²) in [5.41, 5.74) is 0. The van der Waals surface area contributed by atoms with Crippen LogP contribution in [0.1, 0.15) is 252 Å². The lowest BCUT2D eigenvalue weighted by molar-refractivity contribution is -0.161. The molecule has 11 nitrogen and oxygen atoms in total. The van der Waals surface area contributed by atoms with Crippen molar-refractivity contribution in [2.45, 2.75) is 264 Å². The number of hydrogen-bond donors (Lipinski definition) is 2. The van der Waals surface area contributed by atoms with Crippen molar-refractivity contribution in [2.24, 2.45) is 0 Å². The summed E-state index contributed by atoms with van der Waals surface area (Å²) in [6.45, 7) is 4.36. The Morgan fingerprint density at radius 2 is 0.667 bits per heavy atom. The fourth-order valence-corrected chi connectivity index (χ4v) is 8.82. The van der Waals surface area contributed by atoms with E-state index >= 15 is 0 Å². The second-order valence-electron chi connectivity index (χ2n) is 20.1. The van der Waals surface area contributed by atoms with Crippen molar-refractivity contribution < 1.29 is 52.2 Å². The highest BCUT2D eigenvalue weighted by atomic mass is 31.2. The van der Waals surface area contributed by atoms with Crippen molar-refractivity contribution >= 4 is 25.7 Å². The van der Waals surface area contributed by atoms with Crippen molar-refractivity contribution in [1.29, 1.82) is 0 Å². The van der Waals surface area contributed by atoms with Crippen molar-refractivity contribution in [1.82, 2.24) is 0 Å². The Balaban J connectivity index is 4.77. The Morgan fingerprint density at radius 1 is 0.372 bits per heavy atom. The van der Waals surface area contributed by atoms with Gasteiger partial charge in [0.15, 0.2) is 6.10 Å². The number of phosphoric ester groups is 1. The van der Waals surface area contributed by atoms with Gasteiger partial charge in [-0.2, -0.15) is 0 Å². The molecular weight excluding hydrogens is 1000 g/mol. The molecule has 0 aliphatic rings. The third-order valence-electron chi connectivity index (χ3n) is 12.7. The van der Waals surface area contributed by atoms with Crippen molar-refractivity contribution in [3.05, 3.63) is 109 Å². The summed E-state index contributed by atoms with van der Waals surface area (Å²) < 4.78 is 39.6. The van der Waals surface area contributed by atoms with Crippen LogP contribution < -0.4 is 0 Å². The van der Waals surface area contributed by atoms with Crippen LogP contribution in [0.3, 0.4) is 0 Å². The maximum absolute atomic E-state index is 12.9. The number of phosphoric acid groups is 1. The van der Waals surface area contributed by atoms with E-state index in [1.807, 2.05) is 0 Å². The van der Waals surface area contributed by atoms with Gasteiger partial charge in [0.25, 0.3) is 0 Å². The normalized spacial score (nSPS) is 14.1. The molecule has 0 fully saturated rings. The molecule has 3 atom stereocenters. The smallest absolute Gasteiger partial charge is 0.462 e. The van der Waals surface area contributed by atoms with Crippen LogP contribution in [0.2, 0.25) is 0 Å². The fraction of sp³-hybridized carbons (Fsp3) is 0.682. The summed E-state index contributed by atoms with van der Waals surface area (Å²) in [5.74, 6) is -1.52. The van der Waals surface area contributed by atoms with Gasteiger partial charge in [-0.1, -0.05) is 220 Å². The van der Waals surface area contributed by atoms with Crippen molar-refractivity contribution in [3.63, 3.8) is 0 Å². The SMILES string of the molecule is CC/C=C\C/C=C\C/C=C\C/C=C\CCCCCCC(=O)OCC(COP(=O)(O)OCC(CO)OC(=O)CCCCCCCCC/C=C\C/C=C\CCCCC)OC(=O)CCCCCCCCC/C=C\C/C=C\C/C=C\CC. The zero-order chi connectivity index (χ0) is 56.9. The van der Waals surface area contributed by atoms with Crippen LogP contribution in [0.25, 0.3) is 0 Å². The van der Waals surface area contributed by atoms with E-state index in [1.54, 1.807) is 0 Å². The minimum absolute atomic E-state index is 0.145. The predicted molar refractivity (Wildman–Crippen MR) is 325 cm³/mol. The lowest BCUT2D eigenvalue weighted by Crippen LogP contribution is -2.30. The first-order valence-electron chi connectivity index (χ1n) is 30.8. The van der Waals surface area contributed by atoms with E-state index in [2.05, 4.69) is 130 Å². The third-order valence-corrected chi connectivity index (χ3v) is 13.6. The van der Waals surface area contributed by atoms with Gasteiger partial charge in [-0.3, -0.25) is 23.4 Å². The molecule has 0 heterocycles. The first kappa shape index (κ1) is 74.1. The maximum atomic E-state index is 12.9. The summed E-state index contributed by atoms with van der Waals surface area (Å²) in [4.78, 5) is 48.7. The molecule has 446 valence electrons. The van der Waals surface area contributed by atoms with E-state index < -0.39 is 57.8 Å². The van der Waals surface area contributed by atoms with Crippen LogP contribution >= 0.6 is 7.82 Å². The molecule has 0 amide bonds. The number of rotatable bonds is 56. The van der Waals surface area contributed by atoms with E-state index in [-0.39, 0.29) is 25.9 Å². The van der Waals surface area contributed by atoms with E-state index in [0.29, 0.717) is 19.3 Å². The number of ether oxygens (including phenoxy) is 3. The highest BCUT2D eigenvalue weighted by molar-refractivity contribution is 7.47. The quantitative estimate of drug-likeness (QED) is 0.0197. The largest absolute Gasteiger partial charge is 0.472 e. The molecule has 12 heteroatoms. The van der Waals surface area contributed by atoms with Gasteiger partial charge >= 0.3 is 25.7 Å². The van der Waals surface area contributed by atoms with Crippen LogP contribution in [0.15, 0.2) is 109 Å². The van der Waals surface area contributed by atoms with Gasteiger partial charge in [0.05, 0.1) is 19.8 Å². The van der Waals surface area contributed by atoms with Gasteiger partial charge in [0.2, 0.25) is 0 Å². The summed E-state index contributed by atoms with van der Waals surface area (Å²) >= 11 is 0. The minimum atomic E-state index is -4.77. The number of unbranched alkanes of at least 4 members (excludes halogenated alkanes) is 21. The fourth-order valence-electron chi connectivity index (χ4n) is 8.04. The molecule has 0 bridgehead atoms. The van der Waals surface area contributed by atoms with Gasteiger partial charge in [0.1, 0.15) is 12.7 Å². The molecule has 0 aliphatic heterocycles. The standard InChI is InChI=1S/C66H111O11P/c1-4-7-10-13-16-19-22-25-28-31-34-37-40-43-46-49-52-55-64(68)73-59-63(77-66(70)57-54-51-48-45-42-39-36-33-30-27-24-21-18-15-12-9-6-3)61-75-78(71,72)74-60-62(58-67)76-65(69)56-53-50-47-44-41-38-35-32-29-26-23-20-17-14-11-8-5-2/h7,9-10,12,16-21,25-30,34,37,62-63,67H,4-6,8,11,13-15,22-24,31-33,35-36,38-61H2,1-3H3,(H,71,72)/b10-7-,12-9-,19-16-,20-17-,21-18-,28-25-,29-26-,30-27-,37-34-. The molecule has 0 aromatic heterocycles. The monoisotopic (exact) mass is 1110 g/mol. The van der Waals surface area contributed by atoms with E-state index in [4.69, 9.17) is 23.3 Å². The second kappa shape index (κ2) is 59.3. The zero-order valence-corrected chi connectivity index (χ0v) is 50.2. The van der Waals surface area contributed by atoms with Crippen LogP contribution in [-0.4, -0.2) is 66.5 Å². The number of carbonyl (C=O) groups excluding carboxylic acids is 3. The van der Waals surface area contributed by atoms with Crippen LogP contribution in [0.4, 0.5) is 0 Å². The molecule has 2 N–H and O–H groups in total. The number of carbonyl (C=O) groups is 3. The van der Waals surface area contributed by atoms with Crippen molar-refractivity contribution in [2.75, 3.05) is 26.4 Å². The predicted octanol–water partition coefficient (Wildman–Crippen LogP) is 18.6. The first-order valence-corrected chi connectivity index (χ1v) is 32.3. The molecule has 0 saturated heterocycles. The Kier molecular flexibility index (Phi) is 56.3. The van der Waals surface area contributed by atoms with Gasteiger partial charge in [0, 0.05) is 19.3 Å². The molecule has 0 aliphatic carbocycles. The van der Waals surface area contributed by atoms with E-state index in [1.165, 1.54) is 44.9 Å². The number of esters is 3. The molecule has 3 unspecified atom stereocenters. The Morgan fingerprint density at radius 3 is 1.03 bits per heavy atom. The van der Waals surface area contributed by atoms with E-state index in [9.17, 15) is 28.9 Å². The highest BCUT2D eigenvalue weighted by Crippen LogP contribution is 2.43. The third kappa shape index (κ3) is 56.8. The number of allylic oxidation sites excluding steroid dienone is 18. The Bertz CT molecular complexity index is 1720. The Labute approximate surface area is 475 Å². The molecular formula is C66H111O11P. The summed E-state index contributed by atoms with van der Waals surface area (Å²) in [7, 11) is -4.77. The molecule has 0 aromatic carbocycles. The summed E-state index contributed by atoms with van der Waals surface area (Å²) in [6, 6.07) is 0. The van der Waals surface area contributed by atoms with Crippen molar-refractivity contribution in [3.8, 4) is 0 Å². The average Bonchev–Trinajstić information content (AvgIpc) is 3.43. The molecule has 0 saturated carbocycles. The topological polar surface area (TPSA) is 155 Å². The summed E-state index contributed by atoms with van der Waals surface area (Å²) in [6.07, 6.45) is 71.8. The minimum Gasteiger partial charge on any atom is -0.462 e. The maximum Gasteiger partial charge on any atom is 0.472 e. The Hall–Kier alpha value is -3.86. The number of aliphatic hydroxyl groups excluding tert-OH is 1. The number of aliphatic hydroxyl groups is 1. The lowest BCUT2D eigenvalue weighted by atomic mass is 10.1. The highest BCUT2D eigenvalue weighted by Gasteiger charge is 2.28. The van der Waals surface area contributed by atoms with E-state index in [0.717, 1.165) is 148 Å². The summed E-state index contributed by atoms with van der Waals surface area (Å²) in [5, 5.41) is 9.84. The van der Waals surface area contributed by atoms with Crippen LogP contribution in [0, 0.1) is 0 Å². The van der Waals surface area contributed by atoms with Crippen LogP contribution in [-0.2, 0) is 42.2 Å². The first-order chi connectivity index (χ1) is 38.2. The zero-order valence-electron chi connectivity index (χ0n) is 49.3. The molecule has 0 aromatic rings. The van der Waals surface area contributed by atoms with Gasteiger partial charge in [-0.05, 0) is 122 Å². The number of hydrogen-bond acceptors (Lipinski definition) is 10. The van der Waals surface area contributed by atoms with Gasteiger partial charge < -0.3 is 24.2 Å². The molecule has 0 radical (unpaired) electrons.